The normalized spacial score (nSPS) is 14.2. The first-order chi connectivity index (χ1) is 15.9. The largest absolute Gasteiger partial charge is 0.339 e. The molecule has 0 spiro atoms. The minimum Gasteiger partial charge on any atom is -0.339 e. The Morgan fingerprint density at radius 1 is 1.03 bits per heavy atom. The second-order valence-corrected chi connectivity index (χ2v) is 8.51. The summed E-state index contributed by atoms with van der Waals surface area (Å²) in [5.74, 6) is -0.278. The molecule has 3 aromatic rings. The average molecular weight is 449 g/mol. The van der Waals surface area contributed by atoms with Gasteiger partial charge in [0.1, 0.15) is 0 Å². The van der Waals surface area contributed by atoms with Crippen molar-refractivity contribution >= 4 is 28.4 Å². The number of carbonyl (C=O) groups excluding carboxylic acids is 2. The van der Waals surface area contributed by atoms with E-state index in [0.29, 0.717) is 22.2 Å². The number of aromatic amines is 1. The summed E-state index contributed by atoms with van der Waals surface area (Å²) in [6, 6.07) is 13.9. The summed E-state index contributed by atoms with van der Waals surface area (Å²) in [6.45, 7) is 0.130. The van der Waals surface area contributed by atoms with E-state index in [1.807, 2.05) is 11.9 Å². The molecule has 0 aliphatic heterocycles. The van der Waals surface area contributed by atoms with Crippen LogP contribution in [0.3, 0.4) is 0 Å². The summed E-state index contributed by atoms with van der Waals surface area (Å²) in [4.78, 5) is 53.6. The van der Waals surface area contributed by atoms with E-state index in [1.165, 1.54) is 11.0 Å². The molecule has 1 aliphatic carbocycles. The molecule has 2 N–H and O–H groups in total. The van der Waals surface area contributed by atoms with Gasteiger partial charge in [0.2, 0.25) is 5.91 Å². The van der Waals surface area contributed by atoms with Crippen molar-refractivity contribution < 1.29 is 9.59 Å². The van der Waals surface area contributed by atoms with Crippen molar-refractivity contribution in [3.8, 4) is 0 Å². The second kappa shape index (κ2) is 9.85. The maximum Gasteiger partial charge on any atom is 0.328 e. The molecule has 0 atom stereocenters. The van der Waals surface area contributed by atoms with Crippen molar-refractivity contribution in [2.75, 3.05) is 12.4 Å². The zero-order chi connectivity index (χ0) is 23.4. The highest BCUT2D eigenvalue weighted by atomic mass is 16.2. The summed E-state index contributed by atoms with van der Waals surface area (Å²) in [5, 5.41) is 3.20. The molecule has 2 aromatic carbocycles. The standard InChI is InChI=1S/C25H28N4O4/c1-28(19-7-3-2-4-8-19)24(32)17-11-13-18(14-12-17)26-22(30)15-16-29-21-10-6-5-9-20(21)23(31)27-25(29)33/h5-6,9-14,19H,2-4,7-8,15-16H2,1H3,(H,26,30)(H,27,31,33). The van der Waals surface area contributed by atoms with E-state index >= 15 is 0 Å². The highest BCUT2D eigenvalue weighted by molar-refractivity contribution is 5.96. The number of H-pyrrole nitrogens is 1. The number of para-hydroxylation sites is 1. The van der Waals surface area contributed by atoms with Crippen LogP contribution >= 0.6 is 0 Å². The lowest BCUT2D eigenvalue weighted by atomic mass is 9.94. The number of amides is 2. The number of aromatic nitrogens is 2. The minimum atomic E-state index is -0.545. The molecule has 0 saturated heterocycles. The third kappa shape index (κ3) is 5.05. The van der Waals surface area contributed by atoms with Gasteiger partial charge in [0, 0.05) is 37.3 Å². The van der Waals surface area contributed by atoms with Crippen LogP contribution in [0.2, 0.25) is 0 Å². The molecule has 4 rings (SSSR count). The fourth-order valence-corrected chi connectivity index (χ4v) is 4.44. The zero-order valence-corrected chi connectivity index (χ0v) is 18.7. The Hall–Kier alpha value is -3.68. The Kier molecular flexibility index (Phi) is 6.72. The first-order valence-electron chi connectivity index (χ1n) is 11.3. The summed E-state index contributed by atoms with van der Waals surface area (Å²) >= 11 is 0. The van der Waals surface area contributed by atoms with E-state index in [4.69, 9.17) is 0 Å². The predicted octanol–water partition coefficient (Wildman–Crippen LogP) is 3.12. The van der Waals surface area contributed by atoms with Crippen molar-refractivity contribution in [3.05, 3.63) is 74.9 Å². The third-order valence-corrected chi connectivity index (χ3v) is 6.33. The van der Waals surface area contributed by atoms with E-state index < -0.39 is 11.2 Å². The molecule has 1 heterocycles. The topological polar surface area (TPSA) is 104 Å². The van der Waals surface area contributed by atoms with Gasteiger partial charge in [-0.05, 0) is 49.2 Å². The van der Waals surface area contributed by atoms with Gasteiger partial charge in [-0.15, -0.1) is 0 Å². The Balaban J connectivity index is 1.38. The van der Waals surface area contributed by atoms with Crippen molar-refractivity contribution in [2.24, 2.45) is 0 Å². The van der Waals surface area contributed by atoms with Crippen molar-refractivity contribution in [1.82, 2.24) is 14.5 Å². The Morgan fingerprint density at radius 3 is 2.45 bits per heavy atom. The minimum absolute atomic E-state index is 0.0101. The van der Waals surface area contributed by atoms with Gasteiger partial charge in [-0.3, -0.25) is 23.9 Å². The lowest BCUT2D eigenvalue weighted by Gasteiger charge is -2.31. The number of benzene rings is 2. The molecule has 1 fully saturated rings. The Labute approximate surface area is 191 Å². The average Bonchev–Trinajstić information content (AvgIpc) is 2.84. The maximum absolute atomic E-state index is 12.8. The first kappa shape index (κ1) is 22.5. The van der Waals surface area contributed by atoms with Gasteiger partial charge in [0.25, 0.3) is 11.5 Å². The van der Waals surface area contributed by atoms with Gasteiger partial charge in [0.15, 0.2) is 0 Å². The summed E-state index contributed by atoms with van der Waals surface area (Å²) < 4.78 is 1.39. The van der Waals surface area contributed by atoms with E-state index in [9.17, 15) is 19.2 Å². The van der Waals surface area contributed by atoms with Gasteiger partial charge in [-0.2, -0.15) is 0 Å². The van der Waals surface area contributed by atoms with E-state index in [1.54, 1.807) is 48.5 Å². The summed E-state index contributed by atoms with van der Waals surface area (Å²) in [5.41, 5.74) is 0.670. The third-order valence-electron chi connectivity index (χ3n) is 6.33. The lowest BCUT2D eigenvalue weighted by Crippen LogP contribution is -2.38. The number of hydrogen-bond donors (Lipinski definition) is 2. The first-order valence-corrected chi connectivity index (χ1v) is 11.3. The number of nitrogens with one attached hydrogen (secondary N) is 2. The number of fused-ring (bicyclic) bond motifs is 1. The fourth-order valence-electron chi connectivity index (χ4n) is 4.44. The monoisotopic (exact) mass is 448 g/mol. The molecule has 8 nitrogen and oxygen atoms in total. The zero-order valence-electron chi connectivity index (χ0n) is 18.7. The van der Waals surface area contributed by atoms with Crippen LogP contribution in [0, 0.1) is 0 Å². The predicted molar refractivity (Wildman–Crippen MR) is 127 cm³/mol. The van der Waals surface area contributed by atoms with Crippen molar-refractivity contribution in [2.45, 2.75) is 51.1 Å². The smallest absolute Gasteiger partial charge is 0.328 e. The Morgan fingerprint density at radius 2 is 1.73 bits per heavy atom. The molecule has 1 aromatic heterocycles. The number of rotatable bonds is 6. The molecule has 172 valence electrons. The van der Waals surface area contributed by atoms with E-state index in [-0.39, 0.29) is 30.8 Å². The molecule has 1 aliphatic rings. The van der Waals surface area contributed by atoms with Gasteiger partial charge in [0.05, 0.1) is 10.9 Å². The highest BCUT2D eigenvalue weighted by Crippen LogP contribution is 2.23. The van der Waals surface area contributed by atoms with Gasteiger partial charge < -0.3 is 10.2 Å². The van der Waals surface area contributed by atoms with Crippen LogP contribution < -0.4 is 16.6 Å². The van der Waals surface area contributed by atoms with E-state index in [0.717, 1.165) is 25.7 Å². The molecule has 1 saturated carbocycles. The lowest BCUT2D eigenvalue weighted by molar-refractivity contribution is -0.116. The second-order valence-electron chi connectivity index (χ2n) is 8.51. The molecular formula is C25H28N4O4. The number of nitrogens with zero attached hydrogens (tertiary/aromatic N) is 2. The molecule has 0 bridgehead atoms. The van der Waals surface area contributed by atoms with Crippen LogP contribution in [0.5, 0.6) is 0 Å². The van der Waals surface area contributed by atoms with Crippen molar-refractivity contribution in [1.29, 1.82) is 0 Å². The van der Waals surface area contributed by atoms with Gasteiger partial charge in [-0.1, -0.05) is 31.4 Å². The molecule has 0 radical (unpaired) electrons. The van der Waals surface area contributed by atoms with Gasteiger partial charge in [-0.25, -0.2) is 4.79 Å². The summed E-state index contributed by atoms with van der Waals surface area (Å²) in [6.07, 6.45) is 5.71. The van der Waals surface area contributed by atoms with Crippen LogP contribution in [-0.2, 0) is 11.3 Å². The number of hydrogen-bond acceptors (Lipinski definition) is 4. The SMILES string of the molecule is CN(C(=O)c1ccc(NC(=O)CCn2c(=O)[nH]c(=O)c3ccccc32)cc1)C1CCCCC1. The quantitative estimate of drug-likeness (QED) is 0.605. The fraction of sp³-hybridized carbons (Fsp3) is 0.360. The highest BCUT2D eigenvalue weighted by Gasteiger charge is 2.23. The van der Waals surface area contributed by atoms with Crippen LogP contribution in [-0.4, -0.2) is 39.4 Å². The molecule has 33 heavy (non-hydrogen) atoms. The van der Waals surface area contributed by atoms with E-state index in [2.05, 4.69) is 10.3 Å². The van der Waals surface area contributed by atoms with Crippen molar-refractivity contribution in [3.63, 3.8) is 0 Å². The molecular weight excluding hydrogens is 420 g/mol. The van der Waals surface area contributed by atoms with Crippen LogP contribution in [0.4, 0.5) is 5.69 Å². The molecule has 0 unspecified atom stereocenters. The number of carbonyl (C=O) groups is 2. The Bertz CT molecular complexity index is 1270. The molecule has 8 heteroatoms. The van der Waals surface area contributed by atoms with Gasteiger partial charge >= 0.3 is 5.69 Å². The maximum atomic E-state index is 12.8. The number of anilines is 1. The molecule has 2 amide bonds. The van der Waals surface area contributed by atoms with Crippen LogP contribution in [0.15, 0.2) is 58.1 Å². The summed E-state index contributed by atoms with van der Waals surface area (Å²) in [7, 11) is 1.86. The van der Waals surface area contributed by atoms with Crippen LogP contribution in [0.25, 0.3) is 10.9 Å². The van der Waals surface area contributed by atoms with Crippen LogP contribution in [0.1, 0.15) is 48.9 Å². The number of aryl methyl sites for hydroxylation is 1.